The quantitative estimate of drug-likeness (QED) is 0.642. The predicted molar refractivity (Wildman–Crippen MR) is 116 cm³/mol. The van der Waals surface area contributed by atoms with Crippen LogP contribution in [0.25, 0.3) is 0 Å². The van der Waals surface area contributed by atoms with Gasteiger partial charge in [0.2, 0.25) is 0 Å². The summed E-state index contributed by atoms with van der Waals surface area (Å²) in [6.45, 7) is 3.63. The number of ether oxygens (including phenoxy) is 1. The number of carbonyl (C=O) groups is 1. The van der Waals surface area contributed by atoms with E-state index >= 15 is 0 Å². The van der Waals surface area contributed by atoms with Gasteiger partial charge in [0.1, 0.15) is 5.75 Å². The third kappa shape index (κ3) is 6.47. The Morgan fingerprint density at radius 2 is 1.93 bits per heavy atom. The average molecular weight is 433 g/mol. The topological polar surface area (TPSA) is 84.9 Å². The second-order valence-electron chi connectivity index (χ2n) is 7.39. The van der Waals surface area contributed by atoms with Crippen molar-refractivity contribution in [3.8, 4) is 5.75 Å². The molecular formula is C22H28N2O5S. The van der Waals surface area contributed by atoms with Crippen LogP contribution in [0.1, 0.15) is 30.9 Å². The molecule has 2 aromatic rings. The normalized spacial score (nSPS) is 16.3. The summed E-state index contributed by atoms with van der Waals surface area (Å²) < 4.78 is 33.2. The van der Waals surface area contributed by atoms with E-state index in [1.54, 1.807) is 29.2 Å². The fourth-order valence-corrected chi connectivity index (χ4v) is 3.90. The largest absolute Gasteiger partial charge is 0.383 e. The number of urea groups is 1. The van der Waals surface area contributed by atoms with Crippen molar-refractivity contribution in [2.24, 2.45) is 0 Å². The molecule has 2 aromatic carbocycles. The molecule has 1 heterocycles. The zero-order valence-electron chi connectivity index (χ0n) is 17.3. The number of hydrogen-bond acceptors (Lipinski definition) is 5. The predicted octanol–water partition coefficient (Wildman–Crippen LogP) is 3.80. The lowest BCUT2D eigenvalue weighted by atomic mass is 10.1. The zero-order valence-corrected chi connectivity index (χ0v) is 18.2. The van der Waals surface area contributed by atoms with Crippen LogP contribution in [0.15, 0.2) is 48.5 Å². The van der Waals surface area contributed by atoms with Gasteiger partial charge in [-0.25, -0.2) is 4.79 Å². The molecule has 1 atom stereocenters. The third-order valence-electron chi connectivity index (χ3n) is 4.92. The molecule has 1 saturated heterocycles. The maximum atomic E-state index is 13.1. The number of amides is 2. The van der Waals surface area contributed by atoms with Crippen LogP contribution in [0.5, 0.6) is 5.75 Å². The summed E-state index contributed by atoms with van der Waals surface area (Å²) >= 11 is 0. The molecule has 1 unspecified atom stereocenters. The van der Waals surface area contributed by atoms with Crippen LogP contribution < -0.4 is 9.50 Å². The number of para-hydroxylation sites is 1. The summed E-state index contributed by atoms with van der Waals surface area (Å²) in [5.41, 5.74) is 2.75. The molecule has 0 bridgehead atoms. The third-order valence-corrected chi connectivity index (χ3v) is 5.41. The molecule has 0 radical (unpaired) electrons. The van der Waals surface area contributed by atoms with Crippen LogP contribution in [0.2, 0.25) is 0 Å². The van der Waals surface area contributed by atoms with E-state index in [4.69, 9.17) is 8.92 Å². The average Bonchev–Trinajstić information content (AvgIpc) is 3.21. The second kappa shape index (κ2) is 9.95. The molecule has 3 rings (SSSR count). The Labute approximate surface area is 178 Å². The highest BCUT2D eigenvalue weighted by atomic mass is 32.2. The number of rotatable bonds is 8. The molecule has 162 valence electrons. The first kappa shape index (κ1) is 22.1. The number of aryl methyl sites for hydroxylation is 1. The van der Waals surface area contributed by atoms with Crippen molar-refractivity contribution in [2.45, 2.75) is 38.8 Å². The summed E-state index contributed by atoms with van der Waals surface area (Å²) in [7, 11) is -3.57. The Kier molecular flexibility index (Phi) is 7.33. The lowest BCUT2D eigenvalue weighted by Crippen LogP contribution is -2.39. The highest BCUT2D eigenvalue weighted by Gasteiger charge is 2.23. The molecule has 1 N–H and O–H groups in total. The van der Waals surface area contributed by atoms with E-state index in [2.05, 4.69) is 12.2 Å². The summed E-state index contributed by atoms with van der Waals surface area (Å²) in [6.07, 6.45) is 3.77. The van der Waals surface area contributed by atoms with Crippen LogP contribution in [0.3, 0.4) is 0 Å². The van der Waals surface area contributed by atoms with E-state index in [1.165, 1.54) is 0 Å². The van der Waals surface area contributed by atoms with Crippen LogP contribution >= 0.6 is 0 Å². The maximum Gasteiger partial charge on any atom is 0.322 e. The molecule has 7 nitrogen and oxygen atoms in total. The summed E-state index contributed by atoms with van der Waals surface area (Å²) in [5.74, 6) is 0.244. The number of benzene rings is 2. The van der Waals surface area contributed by atoms with Crippen molar-refractivity contribution in [3.63, 3.8) is 0 Å². The molecule has 1 fully saturated rings. The molecule has 2 amide bonds. The lowest BCUT2D eigenvalue weighted by molar-refractivity contribution is 0.0819. The number of hydrogen-bond donors (Lipinski definition) is 1. The van der Waals surface area contributed by atoms with Gasteiger partial charge < -0.3 is 19.1 Å². The number of carbonyl (C=O) groups excluding carboxylic acids is 1. The Morgan fingerprint density at radius 1 is 1.20 bits per heavy atom. The fourth-order valence-electron chi connectivity index (χ4n) is 3.44. The van der Waals surface area contributed by atoms with Gasteiger partial charge in [-0.1, -0.05) is 37.3 Å². The smallest absolute Gasteiger partial charge is 0.322 e. The lowest BCUT2D eigenvalue weighted by Gasteiger charge is -2.26. The van der Waals surface area contributed by atoms with Gasteiger partial charge in [0.15, 0.2) is 0 Å². The van der Waals surface area contributed by atoms with Gasteiger partial charge in [0.25, 0.3) is 0 Å². The minimum absolute atomic E-state index is 0.0185. The van der Waals surface area contributed by atoms with Crippen molar-refractivity contribution in [1.82, 2.24) is 4.90 Å². The number of nitrogens with zero attached hydrogens (tertiary/aromatic N) is 1. The van der Waals surface area contributed by atoms with E-state index in [0.29, 0.717) is 13.1 Å². The van der Waals surface area contributed by atoms with Gasteiger partial charge in [0, 0.05) is 25.4 Å². The van der Waals surface area contributed by atoms with Gasteiger partial charge in [-0.2, -0.15) is 8.42 Å². The van der Waals surface area contributed by atoms with Crippen LogP contribution in [-0.4, -0.2) is 44.9 Å². The molecular weight excluding hydrogens is 404 g/mol. The zero-order chi connectivity index (χ0) is 21.6. The van der Waals surface area contributed by atoms with Crippen molar-refractivity contribution in [2.75, 3.05) is 24.7 Å². The Balaban J connectivity index is 1.73. The summed E-state index contributed by atoms with van der Waals surface area (Å²) in [6, 6.07) is 14.3. The molecule has 0 saturated carbocycles. The minimum atomic E-state index is -3.57. The minimum Gasteiger partial charge on any atom is -0.383 e. The van der Waals surface area contributed by atoms with E-state index in [-0.39, 0.29) is 17.9 Å². The highest BCUT2D eigenvalue weighted by molar-refractivity contribution is 7.86. The van der Waals surface area contributed by atoms with Crippen molar-refractivity contribution >= 4 is 21.8 Å². The van der Waals surface area contributed by atoms with Crippen LogP contribution in [0.4, 0.5) is 10.5 Å². The molecule has 30 heavy (non-hydrogen) atoms. The van der Waals surface area contributed by atoms with Gasteiger partial charge in [-0.15, -0.1) is 0 Å². The number of nitrogens with one attached hydrogen (secondary N) is 1. The molecule has 0 aromatic heterocycles. The van der Waals surface area contributed by atoms with Gasteiger partial charge in [0.05, 0.1) is 12.4 Å². The Bertz CT molecular complexity index is 954. The highest BCUT2D eigenvalue weighted by Crippen LogP contribution is 2.20. The molecule has 0 spiro atoms. The van der Waals surface area contributed by atoms with Crippen molar-refractivity contribution < 1.29 is 22.1 Å². The molecule has 8 heteroatoms. The van der Waals surface area contributed by atoms with Gasteiger partial charge in [-0.05, 0) is 48.6 Å². The summed E-state index contributed by atoms with van der Waals surface area (Å²) in [5, 5.41) is 3.03. The van der Waals surface area contributed by atoms with Gasteiger partial charge in [-0.3, -0.25) is 0 Å². The van der Waals surface area contributed by atoms with E-state index in [0.717, 1.165) is 48.9 Å². The first-order chi connectivity index (χ1) is 14.3. The van der Waals surface area contributed by atoms with Crippen LogP contribution in [0, 0.1) is 0 Å². The summed E-state index contributed by atoms with van der Waals surface area (Å²) in [4.78, 5) is 14.8. The molecule has 1 aliphatic rings. The van der Waals surface area contributed by atoms with E-state index in [9.17, 15) is 13.2 Å². The second-order valence-corrected chi connectivity index (χ2v) is 8.96. The first-order valence-corrected chi connectivity index (χ1v) is 11.9. The first-order valence-electron chi connectivity index (χ1n) is 10.1. The van der Waals surface area contributed by atoms with Crippen molar-refractivity contribution in [1.29, 1.82) is 0 Å². The van der Waals surface area contributed by atoms with Crippen LogP contribution in [-0.2, 0) is 27.8 Å². The SMILES string of the molecule is CCc1ccccc1NC(=O)N(Cc1ccc(OS(C)(=O)=O)cc1)CC1CCCO1. The molecule has 0 aliphatic carbocycles. The maximum absolute atomic E-state index is 13.1. The Morgan fingerprint density at radius 3 is 2.57 bits per heavy atom. The number of anilines is 1. The van der Waals surface area contributed by atoms with E-state index < -0.39 is 10.1 Å². The van der Waals surface area contributed by atoms with Crippen molar-refractivity contribution in [3.05, 3.63) is 59.7 Å². The van der Waals surface area contributed by atoms with Gasteiger partial charge >= 0.3 is 16.1 Å². The standard InChI is InChI=1S/C22H28N2O5S/c1-3-18-7-4-5-9-21(18)23-22(25)24(16-20-8-6-14-28-20)15-17-10-12-19(13-11-17)29-30(2,26)27/h4-5,7,9-13,20H,3,6,8,14-16H2,1-2H3,(H,23,25). The molecule has 1 aliphatic heterocycles. The monoisotopic (exact) mass is 432 g/mol. The van der Waals surface area contributed by atoms with E-state index in [1.807, 2.05) is 24.3 Å². The fraction of sp³-hybridized carbons (Fsp3) is 0.409. The Hall–Kier alpha value is -2.58.